The van der Waals surface area contributed by atoms with Crippen LogP contribution in [0.4, 0.5) is 13.2 Å². The van der Waals surface area contributed by atoms with Crippen molar-refractivity contribution in [1.29, 1.82) is 0 Å². The molecule has 1 aliphatic rings. The summed E-state index contributed by atoms with van der Waals surface area (Å²) >= 11 is 7.10. The van der Waals surface area contributed by atoms with E-state index in [1.54, 1.807) is 11.4 Å². The molecule has 1 amide bonds. The highest BCUT2D eigenvalue weighted by atomic mass is 35.5. The lowest BCUT2D eigenvalue weighted by Crippen LogP contribution is -2.39. The van der Waals surface area contributed by atoms with E-state index in [0.29, 0.717) is 9.90 Å². The van der Waals surface area contributed by atoms with Crippen molar-refractivity contribution in [3.8, 4) is 0 Å². The summed E-state index contributed by atoms with van der Waals surface area (Å²) in [6.07, 6.45) is -4.55. The molecule has 112 valence electrons. The number of nitrogens with zero attached hydrogens (tertiary/aromatic N) is 4. The van der Waals surface area contributed by atoms with E-state index in [-0.39, 0.29) is 31.4 Å². The van der Waals surface area contributed by atoms with Gasteiger partial charge in [0.2, 0.25) is 5.82 Å². The molecule has 0 atom stereocenters. The monoisotopic (exact) mass is 336 g/mol. The maximum absolute atomic E-state index is 12.7. The van der Waals surface area contributed by atoms with Crippen molar-refractivity contribution in [1.82, 2.24) is 19.7 Å². The zero-order valence-electron chi connectivity index (χ0n) is 10.4. The number of carbonyl (C=O) groups excluding carboxylic acids is 1. The standard InChI is InChI=1S/C11H8ClF3N4OS/c12-6-1-4-21-8(6)9(20)18-2-3-19-7(5-18)16-17-10(19)11(13,14)15/h1,4H,2-3,5H2. The lowest BCUT2D eigenvalue weighted by molar-refractivity contribution is -0.147. The van der Waals surface area contributed by atoms with E-state index >= 15 is 0 Å². The van der Waals surface area contributed by atoms with E-state index in [0.717, 1.165) is 4.57 Å². The molecule has 0 unspecified atom stereocenters. The highest BCUT2D eigenvalue weighted by Gasteiger charge is 2.40. The second-order valence-electron chi connectivity index (χ2n) is 4.41. The quantitative estimate of drug-likeness (QED) is 0.804. The van der Waals surface area contributed by atoms with Gasteiger partial charge < -0.3 is 9.47 Å². The number of amides is 1. The molecule has 0 aliphatic carbocycles. The third-order valence-electron chi connectivity index (χ3n) is 3.11. The van der Waals surface area contributed by atoms with Crippen LogP contribution >= 0.6 is 22.9 Å². The van der Waals surface area contributed by atoms with Crippen LogP contribution in [-0.2, 0) is 19.3 Å². The first kappa shape index (κ1) is 14.3. The van der Waals surface area contributed by atoms with Crippen LogP contribution in [0.3, 0.4) is 0 Å². The van der Waals surface area contributed by atoms with E-state index in [2.05, 4.69) is 10.2 Å². The summed E-state index contributed by atoms with van der Waals surface area (Å²) in [5.74, 6) is -1.22. The molecule has 2 aromatic heterocycles. The summed E-state index contributed by atoms with van der Waals surface area (Å²) < 4.78 is 39.2. The molecule has 10 heteroatoms. The van der Waals surface area contributed by atoms with Gasteiger partial charge in [-0.3, -0.25) is 4.79 Å². The molecular weight excluding hydrogens is 329 g/mol. The van der Waals surface area contributed by atoms with Gasteiger partial charge >= 0.3 is 6.18 Å². The van der Waals surface area contributed by atoms with Gasteiger partial charge in [-0.2, -0.15) is 13.2 Å². The fourth-order valence-corrected chi connectivity index (χ4v) is 3.23. The fourth-order valence-electron chi connectivity index (χ4n) is 2.13. The smallest absolute Gasteiger partial charge is 0.329 e. The van der Waals surface area contributed by atoms with Gasteiger partial charge in [0.25, 0.3) is 5.91 Å². The lowest BCUT2D eigenvalue weighted by atomic mass is 10.3. The minimum absolute atomic E-state index is 0.00586. The van der Waals surface area contributed by atoms with Crippen LogP contribution in [0, 0.1) is 0 Å². The van der Waals surface area contributed by atoms with Crippen LogP contribution in [0.1, 0.15) is 21.3 Å². The summed E-state index contributed by atoms with van der Waals surface area (Å²) in [4.78, 5) is 14.1. The number of hydrogen-bond acceptors (Lipinski definition) is 4. The zero-order valence-corrected chi connectivity index (χ0v) is 12.0. The molecule has 0 aromatic carbocycles. The van der Waals surface area contributed by atoms with Crippen LogP contribution < -0.4 is 0 Å². The Morgan fingerprint density at radius 3 is 2.71 bits per heavy atom. The number of thiophene rings is 1. The molecule has 3 rings (SSSR count). The summed E-state index contributed by atoms with van der Waals surface area (Å²) in [6, 6.07) is 1.60. The maximum Gasteiger partial charge on any atom is 0.451 e. The Balaban J connectivity index is 1.84. The SMILES string of the molecule is O=C(c1sccc1Cl)N1CCn2c(nnc2C(F)(F)F)C1. The zero-order chi connectivity index (χ0) is 15.2. The first-order valence-electron chi connectivity index (χ1n) is 5.89. The van der Waals surface area contributed by atoms with Crippen molar-refractivity contribution in [2.75, 3.05) is 6.54 Å². The maximum atomic E-state index is 12.7. The van der Waals surface area contributed by atoms with E-state index in [4.69, 9.17) is 11.6 Å². The van der Waals surface area contributed by atoms with Gasteiger partial charge in [0.15, 0.2) is 5.82 Å². The summed E-state index contributed by atoms with van der Waals surface area (Å²) in [6.45, 7) is 0.142. The van der Waals surface area contributed by atoms with Crippen molar-refractivity contribution in [3.05, 3.63) is 33.0 Å². The van der Waals surface area contributed by atoms with E-state index in [9.17, 15) is 18.0 Å². The van der Waals surface area contributed by atoms with Gasteiger partial charge in [-0.15, -0.1) is 21.5 Å². The Morgan fingerprint density at radius 2 is 2.10 bits per heavy atom. The van der Waals surface area contributed by atoms with Gasteiger partial charge in [0.05, 0.1) is 11.6 Å². The van der Waals surface area contributed by atoms with Crippen molar-refractivity contribution in [2.45, 2.75) is 19.3 Å². The Bertz CT molecular complexity index is 696. The number of rotatable bonds is 1. The van der Waals surface area contributed by atoms with E-state index < -0.39 is 12.0 Å². The molecule has 3 heterocycles. The summed E-state index contributed by atoms with van der Waals surface area (Å²) in [7, 11) is 0. The van der Waals surface area contributed by atoms with Gasteiger partial charge in [-0.25, -0.2) is 0 Å². The lowest BCUT2D eigenvalue weighted by Gasteiger charge is -2.27. The summed E-state index contributed by atoms with van der Waals surface area (Å²) in [5, 5.41) is 8.72. The van der Waals surface area contributed by atoms with Crippen LogP contribution in [0.2, 0.25) is 5.02 Å². The van der Waals surface area contributed by atoms with Crippen LogP contribution in [0.5, 0.6) is 0 Å². The molecule has 0 spiro atoms. The molecule has 2 aromatic rings. The van der Waals surface area contributed by atoms with Gasteiger partial charge in [-0.05, 0) is 11.4 Å². The predicted molar refractivity (Wildman–Crippen MR) is 69.1 cm³/mol. The number of alkyl halides is 3. The van der Waals surface area contributed by atoms with Crippen LogP contribution in [0.25, 0.3) is 0 Å². The van der Waals surface area contributed by atoms with Crippen LogP contribution in [-0.4, -0.2) is 32.1 Å². The molecule has 0 fully saturated rings. The number of aromatic nitrogens is 3. The molecule has 1 aliphatic heterocycles. The number of halogens is 4. The second-order valence-corrected chi connectivity index (χ2v) is 5.74. The Kier molecular flexibility index (Phi) is 3.40. The number of carbonyl (C=O) groups is 1. The van der Waals surface area contributed by atoms with E-state index in [1.165, 1.54) is 16.2 Å². The fraction of sp³-hybridized carbons (Fsp3) is 0.364. The Labute approximate surface area is 125 Å². The average molecular weight is 337 g/mol. The van der Waals surface area contributed by atoms with E-state index in [1.807, 2.05) is 0 Å². The van der Waals surface area contributed by atoms with Gasteiger partial charge in [-0.1, -0.05) is 11.6 Å². The molecular formula is C11H8ClF3N4OS. The third kappa shape index (κ3) is 2.51. The Morgan fingerprint density at radius 1 is 1.33 bits per heavy atom. The molecule has 0 radical (unpaired) electrons. The predicted octanol–water partition coefficient (Wildman–Crippen LogP) is 2.67. The highest BCUT2D eigenvalue weighted by molar-refractivity contribution is 7.12. The first-order chi connectivity index (χ1) is 9.88. The molecule has 0 saturated heterocycles. The minimum atomic E-state index is -4.55. The molecule has 21 heavy (non-hydrogen) atoms. The minimum Gasteiger partial charge on any atom is -0.329 e. The van der Waals surface area contributed by atoms with Crippen molar-refractivity contribution in [2.24, 2.45) is 0 Å². The molecule has 5 nitrogen and oxygen atoms in total. The first-order valence-corrected chi connectivity index (χ1v) is 7.15. The van der Waals surface area contributed by atoms with Crippen molar-refractivity contribution >= 4 is 28.8 Å². The second kappa shape index (κ2) is 4.99. The normalized spacial score (nSPS) is 15.1. The topological polar surface area (TPSA) is 51.0 Å². The van der Waals surface area contributed by atoms with Crippen LogP contribution in [0.15, 0.2) is 11.4 Å². The Hall–Kier alpha value is -1.61. The largest absolute Gasteiger partial charge is 0.451 e. The summed E-state index contributed by atoms with van der Waals surface area (Å²) in [5.41, 5.74) is 0. The van der Waals surface area contributed by atoms with Crippen molar-refractivity contribution in [3.63, 3.8) is 0 Å². The molecule has 0 N–H and O–H groups in total. The molecule has 0 saturated carbocycles. The van der Waals surface area contributed by atoms with Crippen molar-refractivity contribution < 1.29 is 18.0 Å². The number of hydrogen-bond donors (Lipinski definition) is 0. The molecule has 0 bridgehead atoms. The van der Waals surface area contributed by atoms with Gasteiger partial charge in [0, 0.05) is 13.1 Å². The number of fused-ring (bicyclic) bond motifs is 1. The van der Waals surface area contributed by atoms with Gasteiger partial charge in [0.1, 0.15) is 4.88 Å². The average Bonchev–Trinajstić information content (AvgIpc) is 3.02. The third-order valence-corrected chi connectivity index (χ3v) is 4.43. The highest BCUT2D eigenvalue weighted by Crippen LogP contribution is 2.30.